The van der Waals surface area contributed by atoms with E-state index in [4.69, 9.17) is 9.84 Å². The SMILES string of the molecule is COCCc1sc(S(=O)(=O)NC(=O)Nc2cc(SC)cc(NCCO)n2)cc1C. The van der Waals surface area contributed by atoms with Gasteiger partial charge in [-0.25, -0.2) is 22.9 Å². The van der Waals surface area contributed by atoms with E-state index in [-0.39, 0.29) is 16.6 Å². The summed E-state index contributed by atoms with van der Waals surface area (Å²) in [6.07, 6.45) is 2.46. The number of aromatic nitrogens is 1. The highest BCUT2D eigenvalue weighted by molar-refractivity contribution is 7.98. The predicted octanol–water partition coefficient (Wildman–Crippen LogP) is 2.28. The summed E-state index contributed by atoms with van der Waals surface area (Å²) >= 11 is 2.55. The zero-order chi connectivity index (χ0) is 21.4. The quantitative estimate of drug-likeness (QED) is 0.397. The van der Waals surface area contributed by atoms with Crippen LogP contribution in [0.4, 0.5) is 16.4 Å². The zero-order valence-electron chi connectivity index (χ0n) is 16.3. The van der Waals surface area contributed by atoms with Crippen molar-refractivity contribution in [1.82, 2.24) is 9.71 Å². The molecule has 160 valence electrons. The molecule has 2 aromatic heterocycles. The highest BCUT2D eigenvalue weighted by Crippen LogP contribution is 2.26. The summed E-state index contributed by atoms with van der Waals surface area (Å²) in [5.74, 6) is 0.647. The molecule has 0 bridgehead atoms. The van der Waals surface area contributed by atoms with Crippen molar-refractivity contribution < 1.29 is 23.1 Å². The minimum Gasteiger partial charge on any atom is -0.395 e. The molecular formula is C17H24N4O5S3. The summed E-state index contributed by atoms with van der Waals surface area (Å²) in [7, 11) is -2.43. The minimum atomic E-state index is -4.01. The first kappa shape index (κ1) is 23.4. The number of thiophene rings is 1. The number of methoxy groups -OCH3 is 1. The normalized spacial score (nSPS) is 11.3. The van der Waals surface area contributed by atoms with E-state index >= 15 is 0 Å². The van der Waals surface area contributed by atoms with Crippen molar-refractivity contribution in [3.63, 3.8) is 0 Å². The molecule has 9 nitrogen and oxygen atoms in total. The number of ether oxygens (including phenoxy) is 1. The van der Waals surface area contributed by atoms with Crippen LogP contribution in [0.5, 0.6) is 0 Å². The summed E-state index contributed by atoms with van der Waals surface area (Å²) < 4.78 is 32.2. The molecule has 2 heterocycles. The number of carbonyl (C=O) groups excluding carboxylic acids is 1. The van der Waals surface area contributed by atoms with E-state index in [1.165, 1.54) is 17.8 Å². The molecule has 0 atom stereocenters. The topological polar surface area (TPSA) is 130 Å². The first-order valence-corrected chi connectivity index (χ1v) is 12.1. The number of urea groups is 1. The molecule has 0 radical (unpaired) electrons. The van der Waals surface area contributed by atoms with Crippen molar-refractivity contribution in [2.75, 3.05) is 43.8 Å². The highest BCUT2D eigenvalue weighted by Gasteiger charge is 2.22. The highest BCUT2D eigenvalue weighted by atomic mass is 32.2. The van der Waals surface area contributed by atoms with Crippen LogP contribution in [0.2, 0.25) is 0 Å². The fourth-order valence-corrected chi connectivity index (χ4v) is 5.28. The van der Waals surface area contributed by atoms with Crippen LogP contribution in [0.25, 0.3) is 0 Å². The van der Waals surface area contributed by atoms with Crippen LogP contribution in [-0.4, -0.2) is 57.7 Å². The van der Waals surface area contributed by atoms with Crippen molar-refractivity contribution in [2.45, 2.75) is 22.4 Å². The Labute approximate surface area is 178 Å². The average Bonchev–Trinajstić information content (AvgIpc) is 3.05. The first-order chi connectivity index (χ1) is 13.8. The second-order valence-corrected chi connectivity index (χ2v) is 9.83. The Morgan fingerprint density at radius 2 is 2.03 bits per heavy atom. The van der Waals surface area contributed by atoms with E-state index in [2.05, 4.69) is 15.6 Å². The Morgan fingerprint density at radius 3 is 2.69 bits per heavy atom. The Morgan fingerprint density at radius 1 is 1.31 bits per heavy atom. The van der Waals surface area contributed by atoms with Gasteiger partial charge >= 0.3 is 6.03 Å². The molecule has 0 aliphatic carbocycles. The van der Waals surface area contributed by atoms with E-state index in [9.17, 15) is 13.2 Å². The lowest BCUT2D eigenvalue weighted by molar-refractivity contribution is 0.203. The molecule has 2 amide bonds. The number of carbonyl (C=O) groups is 1. The number of anilines is 2. The van der Waals surface area contributed by atoms with Gasteiger partial charge in [-0.3, -0.25) is 5.32 Å². The number of hydrogen-bond donors (Lipinski definition) is 4. The summed E-state index contributed by atoms with van der Waals surface area (Å²) in [6.45, 7) is 2.53. The standard InChI is InChI=1S/C17H24N4O5S3/c1-11-8-16(28-13(11)4-7-26-2)29(24,25)21-17(23)20-15-10-12(27-3)9-14(19-15)18-5-6-22/h8-10,22H,4-7H2,1-3H3,(H3,18,19,20,21,23). The van der Waals surface area contributed by atoms with E-state index in [0.29, 0.717) is 25.4 Å². The molecule has 2 rings (SSSR count). The first-order valence-electron chi connectivity index (χ1n) is 8.62. The third-order valence-electron chi connectivity index (χ3n) is 3.72. The van der Waals surface area contributed by atoms with Crippen LogP contribution in [0.1, 0.15) is 10.4 Å². The van der Waals surface area contributed by atoms with E-state index in [0.717, 1.165) is 26.7 Å². The van der Waals surface area contributed by atoms with Gasteiger partial charge in [-0.1, -0.05) is 0 Å². The molecule has 12 heteroatoms. The number of aryl methyl sites for hydroxylation is 1. The molecule has 29 heavy (non-hydrogen) atoms. The zero-order valence-corrected chi connectivity index (χ0v) is 18.8. The molecule has 2 aromatic rings. The van der Waals surface area contributed by atoms with Gasteiger partial charge in [-0.2, -0.15) is 0 Å². The van der Waals surface area contributed by atoms with E-state index in [1.807, 2.05) is 17.9 Å². The number of aliphatic hydroxyl groups excluding tert-OH is 1. The van der Waals surface area contributed by atoms with Crippen molar-refractivity contribution in [1.29, 1.82) is 0 Å². The maximum absolute atomic E-state index is 12.5. The lowest BCUT2D eigenvalue weighted by Gasteiger charge is -2.11. The molecule has 0 spiro atoms. The minimum absolute atomic E-state index is 0.0624. The molecule has 0 aliphatic heterocycles. The van der Waals surface area contributed by atoms with Gasteiger partial charge in [0.1, 0.15) is 15.8 Å². The summed E-state index contributed by atoms with van der Waals surface area (Å²) in [6, 6.07) is 4.01. The number of hydrogen-bond acceptors (Lipinski definition) is 9. The smallest absolute Gasteiger partial charge is 0.334 e. The van der Waals surface area contributed by atoms with Crippen LogP contribution < -0.4 is 15.4 Å². The number of amides is 2. The number of nitrogens with one attached hydrogen (secondary N) is 3. The number of thioether (sulfide) groups is 1. The fourth-order valence-electron chi connectivity index (χ4n) is 2.34. The predicted molar refractivity (Wildman–Crippen MR) is 116 cm³/mol. The fraction of sp³-hybridized carbons (Fsp3) is 0.412. The van der Waals surface area contributed by atoms with Gasteiger partial charge in [-0.05, 0) is 36.9 Å². The average molecular weight is 461 g/mol. The van der Waals surface area contributed by atoms with Crippen LogP contribution in [0.3, 0.4) is 0 Å². The maximum atomic E-state index is 12.5. The Kier molecular flexibility index (Phi) is 8.71. The third kappa shape index (κ3) is 6.85. The molecule has 0 saturated heterocycles. The summed E-state index contributed by atoms with van der Waals surface area (Å²) in [5, 5.41) is 14.3. The van der Waals surface area contributed by atoms with Gasteiger partial charge in [0.2, 0.25) is 0 Å². The van der Waals surface area contributed by atoms with Crippen molar-refractivity contribution in [2.24, 2.45) is 0 Å². The molecule has 0 saturated carbocycles. The number of rotatable bonds is 10. The van der Waals surface area contributed by atoms with Crippen molar-refractivity contribution >= 4 is 50.8 Å². The Hall–Kier alpha value is -1.86. The van der Waals surface area contributed by atoms with Crippen LogP contribution >= 0.6 is 23.1 Å². The number of sulfonamides is 1. The lowest BCUT2D eigenvalue weighted by Crippen LogP contribution is -2.34. The van der Waals surface area contributed by atoms with Gasteiger partial charge in [0.15, 0.2) is 0 Å². The number of pyridine rings is 1. The van der Waals surface area contributed by atoms with Crippen molar-refractivity contribution in [3.8, 4) is 0 Å². The molecular weight excluding hydrogens is 436 g/mol. The van der Waals surface area contributed by atoms with E-state index in [1.54, 1.807) is 19.2 Å². The monoisotopic (exact) mass is 460 g/mol. The Balaban J connectivity index is 2.11. The second kappa shape index (κ2) is 10.8. The Bertz CT molecular complexity index is 947. The van der Waals surface area contributed by atoms with E-state index < -0.39 is 16.1 Å². The van der Waals surface area contributed by atoms with Gasteiger partial charge < -0.3 is 15.2 Å². The van der Waals surface area contributed by atoms with Crippen LogP contribution in [-0.2, 0) is 21.2 Å². The maximum Gasteiger partial charge on any atom is 0.334 e. The molecule has 0 aliphatic rings. The third-order valence-corrected chi connectivity index (χ3v) is 7.53. The molecule has 4 N–H and O–H groups in total. The second-order valence-electron chi connectivity index (χ2n) is 5.90. The molecule has 0 fully saturated rings. The molecule has 0 aromatic carbocycles. The summed E-state index contributed by atoms with van der Waals surface area (Å²) in [4.78, 5) is 18.2. The number of aliphatic hydroxyl groups is 1. The summed E-state index contributed by atoms with van der Waals surface area (Å²) in [5.41, 5.74) is 0.835. The van der Waals surface area contributed by atoms with Gasteiger partial charge in [-0.15, -0.1) is 23.1 Å². The largest absolute Gasteiger partial charge is 0.395 e. The van der Waals surface area contributed by atoms with Crippen LogP contribution in [0.15, 0.2) is 27.3 Å². The number of nitrogens with zero attached hydrogens (tertiary/aromatic N) is 1. The van der Waals surface area contributed by atoms with Gasteiger partial charge in [0.05, 0.1) is 13.2 Å². The van der Waals surface area contributed by atoms with Gasteiger partial charge in [0.25, 0.3) is 10.0 Å². The van der Waals surface area contributed by atoms with Crippen LogP contribution in [0, 0.1) is 6.92 Å². The lowest BCUT2D eigenvalue weighted by atomic mass is 10.2. The molecule has 0 unspecified atom stereocenters. The van der Waals surface area contributed by atoms with Gasteiger partial charge in [0, 0.05) is 29.8 Å². The van der Waals surface area contributed by atoms with Crippen molar-refractivity contribution in [3.05, 3.63) is 28.6 Å².